The number of nitrogens with zero attached hydrogens (tertiary/aromatic N) is 3. The third-order valence-corrected chi connectivity index (χ3v) is 4.91. The zero-order valence-electron chi connectivity index (χ0n) is 14.5. The minimum Gasteiger partial charge on any atom is -0.347 e. The minimum atomic E-state index is -0.360. The summed E-state index contributed by atoms with van der Waals surface area (Å²) in [5.41, 5.74) is 5.41. The highest BCUT2D eigenvalue weighted by Gasteiger charge is 2.31. The quantitative estimate of drug-likeness (QED) is 0.773. The molecule has 0 aromatic carbocycles. The first-order chi connectivity index (χ1) is 12.1. The number of hydrazine groups is 1. The maximum absolute atomic E-state index is 12.5. The van der Waals surface area contributed by atoms with Gasteiger partial charge in [0.2, 0.25) is 5.91 Å². The topological polar surface area (TPSA) is 86.7 Å². The number of carbonyl (C=O) groups is 3. The van der Waals surface area contributed by atoms with Gasteiger partial charge >= 0.3 is 6.03 Å². The maximum atomic E-state index is 12.5. The molecule has 2 aliphatic rings. The number of likely N-dealkylation sites (tertiary alicyclic amines) is 2. The molecular weight excluding hydrogens is 322 g/mol. The SMILES string of the molecule is Cn1cccc1C(=O)NNC(=O)[C@H]1CCCN(C(=O)N2CCCC2)C1. The Morgan fingerprint density at radius 3 is 2.44 bits per heavy atom. The monoisotopic (exact) mass is 347 g/mol. The number of amides is 4. The second-order valence-electron chi connectivity index (χ2n) is 6.71. The van der Waals surface area contributed by atoms with Crippen LogP contribution in [0, 0.1) is 5.92 Å². The van der Waals surface area contributed by atoms with Crippen LogP contribution in [0.1, 0.15) is 36.2 Å². The van der Waals surface area contributed by atoms with Crippen molar-refractivity contribution in [2.24, 2.45) is 13.0 Å². The lowest BCUT2D eigenvalue weighted by Crippen LogP contribution is -2.52. The fourth-order valence-corrected chi connectivity index (χ4v) is 3.45. The third-order valence-electron chi connectivity index (χ3n) is 4.91. The summed E-state index contributed by atoms with van der Waals surface area (Å²) in [6, 6.07) is 3.47. The molecule has 3 rings (SSSR count). The lowest BCUT2D eigenvalue weighted by atomic mass is 9.97. The molecule has 136 valence electrons. The third kappa shape index (κ3) is 3.94. The highest BCUT2D eigenvalue weighted by atomic mass is 16.2. The number of aryl methyl sites for hydroxylation is 1. The van der Waals surface area contributed by atoms with E-state index < -0.39 is 0 Å². The Kier molecular flexibility index (Phi) is 5.25. The van der Waals surface area contributed by atoms with Crippen LogP contribution in [0.15, 0.2) is 18.3 Å². The van der Waals surface area contributed by atoms with Crippen LogP contribution in [0.25, 0.3) is 0 Å². The molecule has 0 aliphatic carbocycles. The van der Waals surface area contributed by atoms with Crippen molar-refractivity contribution in [1.82, 2.24) is 25.2 Å². The Morgan fingerprint density at radius 2 is 1.76 bits per heavy atom. The van der Waals surface area contributed by atoms with Crippen molar-refractivity contribution in [3.05, 3.63) is 24.0 Å². The zero-order chi connectivity index (χ0) is 17.8. The molecule has 2 aliphatic heterocycles. The second kappa shape index (κ2) is 7.58. The molecule has 3 heterocycles. The molecule has 0 spiro atoms. The molecule has 8 nitrogen and oxygen atoms in total. The van der Waals surface area contributed by atoms with Gasteiger partial charge in [0.15, 0.2) is 0 Å². The molecule has 1 aromatic heterocycles. The van der Waals surface area contributed by atoms with E-state index in [4.69, 9.17) is 0 Å². The first-order valence-electron chi connectivity index (χ1n) is 8.81. The number of carbonyl (C=O) groups excluding carboxylic acids is 3. The van der Waals surface area contributed by atoms with Gasteiger partial charge in [0.1, 0.15) is 5.69 Å². The summed E-state index contributed by atoms with van der Waals surface area (Å²) in [5, 5.41) is 0. The first-order valence-corrected chi connectivity index (χ1v) is 8.81. The van der Waals surface area contributed by atoms with Crippen molar-refractivity contribution < 1.29 is 14.4 Å². The number of urea groups is 1. The van der Waals surface area contributed by atoms with Crippen molar-refractivity contribution in [2.45, 2.75) is 25.7 Å². The number of hydrogen-bond donors (Lipinski definition) is 2. The standard InChI is InChI=1S/C17H25N5O3/c1-20-8-5-7-14(20)16(24)19-18-15(23)13-6-4-11-22(12-13)17(25)21-9-2-3-10-21/h5,7-8,13H,2-4,6,9-12H2,1H3,(H,18,23)(H,19,24)/t13-/m0/s1. The summed E-state index contributed by atoms with van der Waals surface area (Å²) < 4.78 is 1.68. The van der Waals surface area contributed by atoms with Crippen LogP contribution in [0.4, 0.5) is 4.79 Å². The molecule has 0 unspecified atom stereocenters. The Balaban J connectivity index is 1.50. The van der Waals surface area contributed by atoms with Crippen LogP contribution in [-0.4, -0.2) is 58.4 Å². The fraction of sp³-hybridized carbons (Fsp3) is 0.588. The Labute approximate surface area is 147 Å². The summed E-state index contributed by atoms with van der Waals surface area (Å²) in [5.74, 6) is -0.905. The van der Waals surface area contributed by atoms with Gasteiger partial charge in [0.25, 0.3) is 5.91 Å². The van der Waals surface area contributed by atoms with Crippen molar-refractivity contribution in [2.75, 3.05) is 26.2 Å². The number of hydrogen-bond acceptors (Lipinski definition) is 3. The highest BCUT2D eigenvalue weighted by molar-refractivity contribution is 5.94. The molecule has 0 radical (unpaired) electrons. The predicted molar refractivity (Wildman–Crippen MR) is 91.5 cm³/mol. The van der Waals surface area contributed by atoms with Gasteiger partial charge in [-0.15, -0.1) is 0 Å². The van der Waals surface area contributed by atoms with E-state index in [1.54, 1.807) is 34.8 Å². The van der Waals surface area contributed by atoms with Gasteiger partial charge in [-0.25, -0.2) is 4.79 Å². The largest absolute Gasteiger partial charge is 0.347 e. The van der Waals surface area contributed by atoms with Gasteiger partial charge in [0.05, 0.1) is 5.92 Å². The van der Waals surface area contributed by atoms with Crippen molar-refractivity contribution in [3.8, 4) is 0 Å². The molecule has 2 saturated heterocycles. The average molecular weight is 347 g/mol. The van der Waals surface area contributed by atoms with E-state index in [0.717, 1.165) is 38.8 Å². The molecule has 1 atom stereocenters. The van der Waals surface area contributed by atoms with Crippen LogP contribution in [0.2, 0.25) is 0 Å². The second-order valence-corrected chi connectivity index (χ2v) is 6.71. The molecule has 8 heteroatoms. The average Bonchev–Trinajstić information content (AvgIpc) is 3.30. The molecule has 2 N–H and O–H groups in total. The van der Waals surface area contributed by atoms with Gasteiger partial charge in [0, 0.05) is 39.4 Å². The maximum Gasteiger partial charge on any atom is 0.320 e. The van der Waals surface area contributed by atoms with Crippen molar-refractivity contribution in [1.29, 1.82) is 0 Å². The summed E-state index contributed by atoms with van der Waals surface area (Å²) in [6.45, 7) is 2.70. The molecular formula is C17H25N5O3. The summed E-state index contributed by atoms with van der Waals surface area (Å²) in [7, 11) is 1.76. The number of aromatic nitrogens is 1. The van der Waals surface area contributed by atoms with E-state index in [1.807, 2.05) is 4.90 Å². The van der Waals surface area contributed by atoms with Gasteiger partial charge in [-0.3, -0.25) is 20.4 Å². The minimum absolute atomic E-state index is 0.0304. The lowest BCUT2D eigenvalue weighted by molar-refractivity contribution is -0.127. The van der Waals surface area contributed by atoms with Gasteiger partial charge in [-0.1, -0.05) is 0 Å². The van der Waals surface area contributed by atoms with E-state index in [2.05, 4.69) is 10.9 Å². The molecule has 4 amide bonds. The predicted octanol–water partition coefficient (Wildman–Crippen LogP) is 0.714. The normalized spacial score (nSPS) is 20.4. The van der Waals surface area contributed by atoms with E-state index in [1.165, 1.54) is 0 Å². The van der Waals surface area contributed by atoms with E-state index >= 15 is 0 Å². The van der Waals surface area contributed by atoms with Crippen LogP contribution in [0.3, 0.4) is 0 Å². The number of rotatable bonds is 2. The smallest absolute Gasteiger partial charge is 0.320 e. The fourth-order valence-electron chi connectivity index (χ4n) is 3.45. The molecule has 25 heavy (non-hydrogen) atoms. The first kappa shape index (κ1) is 17.3. The molecule has 2 fully saturated rings. The van der Waals surface area contributed by atoms with Gasteiger partial charge in [-0.2, -0.15) is 0 Å². The zero-order valence-corrected chi connectivity index (χ0v) is 14.5. The van der Waals surface area contributed by atoms with E-state index in [9.17, 15) is 14.4 Å². The summed E-state index contributed by atoms with van der Waals surface area (Å²) >= 11 is 0. The number of piperidine rings is 1. The van der Waals surface area contributed by atoms with E-state index in [0.29, 0.717) is 18.8 Å². The van der Waals surface area contributed by atoms with Crippen LogP contribution >= 0.6 is 0 Å². The molecule has 1 aromatic rings. The Hall–Kier alpha value is -2.51. The van der Waals surface area contributed by atoms with Crippen LogP contribution < -0.4 is 10.9 Å². The molecule has 0 saturated carbocycles. The van der Waals surface area contributed by atoms with Crippen molar-refractivity contribution >= 4 is 17.8 Å². The van der Waals surface area contributed by atoms with Gasteiger partial charge in [-0.05, 0) is 37.8 Å². The Morgan fingerprint density at radius 1 is 1.04 bits per heavy atom. The highest BCUT2D eigenvalue weighted by Crippen LogP contribution is 2.19. The summed E-state index contributed by atoms with van der Waals surface area (Å²) in [4.78, 5) is 40.5. The van der Waals surface area contributed by atoms with Crippen molar-refractivity contribution in [3.63, 3.8) is 0 Å². The summed E-state index contributed by atoms with van der Waals surface area (Å²) in [6.07, 6.45) is 5.38. The van der Waals surface area contributed by atoms with E-state index in [-0.39, 0.29) is 23.8 Å². The molecule has 0 bridgehead atoms. The van der Waals surface area contributed by atoms with Crippen LogP contribution in [0.5, 0.6) is 0 Å². The lowest BCUT2D eigenvalue weighted by Gasteiger charge is -2.34. The van der Waals surface area contributed by atoms with Crippen LogP contribution in [-0.2, 0) is 11.8 Å². The number of nitrogens with one attached hydrogen (secondary N) is 2. The Bertz CT molecular complexity index is 650. The van der Waals surface area contributed by atoms with Gasteiger partial charge < -0.3 is 14.4 Å².